The van der Waals surface area contributed by atoms with Crippen LogP contribution in [0.3, 0.4) is 0 Å². The van der Waals surface area contributed by atoms with Crippen LogP contribution >= 0.6 is 15.9 Å². The third kappa shape index (κ3) is 5.06. The molecule has 0 heterocycles. The highest BCUT2D eigenvalue weighted by Crippen LogP contribution is 2.14. The molecule has 0 N–H and O–H groups in total. The van der Waals surface area contributed by atoms with Crippen molar-refractivity contribution in [2.45, 2.75) is 13.0 Å². The van der Waals surface area contributed by atoms with Gasteiger partial charge in [0.05, 0.1) is 7.11 Å². The number of ketones is 1. The van der Waals surface area contributed by atoms with Crippen LogP contribution in [0.2, 0.25) is 0 Å². The molecule has 2 aromatic carbocycles. The molecule has 0 aliphatic carbocycles. The smallest absolute Gasteiger partial charge is 0.331 e. The maximum absolute atomic E-state index is 12.2. The second-order valence-corrected chi connectivity index (χ2v) is 5.97. The van der Waals surface area contributed by atoms with E-state index in [9.17, 15) is 9.59 Å². The number of benzene rings is 2. The van der Waals surface area contributed by atoms with Crippen molar-refractivity contribution >= 4 is 33.8 Å². The number of carbonyl (C=O) groups excluding carboxylic acids is 2. The van der Waals surface area contributed by atoms with Gasteiger partial charge in [-0.05, 0) is 55.0 Å². The Kier molecular flexibility index (Phi) is 6.32. The molecule has 0 bridgehead atoms. The number of esters is 1. The number of hydrogen-bond acceptors (Lipinski definition) is 4. The van der Waals surface area contributed by atoms with Crippen molar-refractivity contribution in [3.63, 3.8) is 0 Å². The highest BCUT2D eigenvalue weighted by atomic mass is 79.9. The van der Waals surface area contributed by atoms with Crippen LogP contribution < -0.4 is 4.74 Å². The van der Waals surface area contributed by atoms with Gasteiger partial charge in [-0.1, -0.05) is 28.1 Å². The molecule has 0 aliphatic heterocycles. The standard InChI is InChI=1S/C19H17BrO4/c1-13(19(22)15-6-10-17(23-2)11-7-15)24-18(21)12-5-14-3-8-16(20)9-4-14/h3-13H,1-2H3/b12-5+/t13-/m0/s1. The molecule has 5 heteroatoms. The van der Waals surface area contributed by atoms with Crippen molar-refractivity contribution in [2.75, 3.05) is 7.11 Å². The van der Waals surface area contributed by atoms with Crippen LogP contribution in [0.5, 0.6) is 5.75 Å². The highest BCUT2D eigenvalue weighted by Gasteiger charge is 2.18. The van der Waals surface area contributed by atoms with Gasteiger partial charge in [0.25, 0.3) is 0 Å². The molecule has 0 saturated carbocycles. The molecule has 1 atom stereocenters. The molecule has 2 aromatic rings. The SMILES string of the molecule is COc1ccc(C(=O)[C@H](C)OC(=O)/C=C/c2ccc(Br)cc2)cc1. The molecule has 0 saturated heterocycles. The normalized spacial score (nSPS) is 12.0. The number of rotatable bonds is 6. The van der Waals surface area contributed by atoms with Crippen LogP contribution in [0, 0.1) is 0 Å². The minimum atomic E-state index is -0.861. The summed E-state index contributed by atoms with van der Waals surface area (Å²) < 4.78 is 11.2. The Morgan fingerprint density at radius 1 is 1.04 bits per heavy atom. The number of halogens is 1. The average Bonchev–Trinajstić information content (AvgIpc) is 2.60. The molecular weight excluding hydrogens is 372 g/mol. The fourth-order valence-electron chi connectivity index (χ4n) is 2.00. The van der Waals surface area contributed by atoms with Crippen molar-refractivity contribution in [1.29, 1.82) is 0 Å². The topological polar surface area (TPSA) is 52.6 Å². The van der Waals surface area contributed by atoms with E-state index in [-0.39, 0.29) is 5.78 Å². The van der Waals surface area contributed by atoms with Crippen molar-refractivity contribution in [1.82, 2.24) is 0 Å². The first-order chi connectivity index (χ1) is 11.5. The molecule has 24 heavy (non-hydrogen) atoms. The Balaban J connectivity index is 1.94. The molecule has 0 fully saturated rings. The number of hydrogen-bond donors (Lipinski definition) is 0. The largest absolute Gasteiger partial charge is 0.497 e. The first kappa shape index (κ1) is 17.9. The van der Waals surface area contributed by atoms with Crippen LogP contribution in [-0.2, 0) is 9.53 Å². The summed E-state index contributed by atoms with van der Waals surface area (Å²) in [5.41, 5.74) is 1.33. The second-order valence-electron chi connectivity index (χ2n) is 5.06. The van der Waals surface area contributed by atoms with Crippen LogP contribution in [-0.4, -0.2) is 25.0 Å². The third-order valence-corrected chi connectivity index (χ3v) is 3.85. The van der Waals surface area contributed by atoms with E-state index in [0.29, 0.717) is 11.3 Å². The summed E-state index contributed by atoms with van der Waals surface area (Å²) in [6.07, 6.45) is 2.08. The maximum Gasteiger partial charge on any atom is 0.331 e. The molecule has 0 radical (unpaired) electrons. The predicted octanol–water partition coefficient (Wildman–Crippen LogP) is 4.29. The maximum atomic E-state index is 12.2. The molecule has 0 unspecified atom stereocenters. The zero-order valence-corrected chi connectivity index (χ0v) is 14.9. The molecule has 124 valence electrons. The van der Waals surface area contributed by atoms with E-state index in [4.69, 9.17) is 9.47 Å². The number of Topliss-reactive ketones (excluding diaryl/α,β-unsaturated/α-hetero) is 1. The first-order valence-corrected chi connectivity index (χ1v) is 8.11. The van der Waals surface area contributed by atoms with Gasteiger partial charge in [-0.25, -0.2) is 4.79 Å². The van der Waals surface area contributed by atoms with E-state index >= 15 is 0 Å². The van der Waals surface area contributed by atoms with E-state index in [1.54, 1.807) is 44.4 Å². The van der Waals surface area contributed by atoms with Gasteiger partial charge in [0.2, 0.25) is 5.78 Å². The van der Waals surface area contributed by atoms with Crippen molar-refractivity contribution in [3.05, 3.63) is 70.2 Å². The minimum absolute atomic E-state index is 0.261. The van der Waals surface area contributed by atoms with Crippen LogP contribution in [0.1, 0.15) is 22.8 Å². The highest BCUT2D eigenvalue weighted by molar-refractivity contribution is 9.10. The lowest BCUT2D eigenvalue weighted by atomic mass is 10.1. The van der Waals surface area contributed by atoms with Gasteiger partial charge in [0.1, 0.15) is 5.75 Å². The van der Waals surface area contributed by atoms with Gasteiger partial charge in [0.15, 0.2) is 6.10 Å². The van der Waals surface area contributed by atoms with Gasteiger partial charge >= 0.3 is 5.97 Å². The summed E-state index contributed by atoms with van der Waals surface area (Å²) in [5, 5.41) is 0. The molecule has 0 amide bonds. The average molecular weight is 389 g/mol. The van der Waals surface area contributed by atoms with Crippen LogP contribution in [0.25, 0.3) is 6.08 Å². The Hall–Kier alpha value is -2.40. The van der Waals surface area contributed by atoms with Crippen molar-refractivity contribution in [2.24, 2.45) is 0 Å². The summed E-state index contributed by atoms with van der Waals surface area (Å²) in [7, 11) is 1.55. The zero-order valence-electron chi connectivity index (χ0n) is 13.4. The Morgan fingerprint density at radius 2 is 1.67 bits per heavy atom. The van der Waals surface area contributed by atoms with Crippen molar-refractivity contribution in [3.8, 4) is 5.75 Å². The van der Waals surface area contributed by atoms with Gasteiger partial charge < -0.3 is 9.47 Å². The molecule has 4 nitrogen and oxygen atoms in total. The van der Waals surface area contributed by atoms with Gasteiger partial charge in [-0.3, -0.25) is 4.79 Å². The second kappa shape index (κ2) is 8.45. The van der Waals surface area contributed by atoms with Gasteiger partial charge in [-0.15, -0.1) is 0 Å². The lowest BCUT2D eigenvalue weighted by Crippen LogP contribution is -2.23. The molecular formula is C19H17BrO4. The summed E-state index contributed by atoms with van der Waals surface area (Å²) in [5.74, 6) is -0.163. The van der Waals surface area contributed by atoms with Gasteiger partial charge in [0, 0.05) is 16.1 Å². The van der Waals surface area contributed by atoms with Gasteiger partial charge in [-0.2, -0.15) is 0 Å². The lowest BCUT2D eigenvalue weighted by Gasteiger charge is -2.11. The number of methoxy groups -OCH3 is 1. The monoisotopic (exact) mass is 388 g/mol. The minimum Gasteiger partial charge on any atom is -0.497 e. The number of carbonyl (C=O) groups is 2. The first-order valence-electron chi connectivity index (χ1n) is 7.32. The van der Waals surface area contributed by atoms with E-state index in [1.807, 2.05) is 24.3 Å². The quantitative estimate of drug-likeness (QED) is 0.420. The fourth-order valence-corrected chi connectivity index (χ4v) is 2.26. The molecule has 0 aromatic heterocycles. The van der Waals surface area contributed by atoms with Crippen molar-refractivity contribution < 1.29 is 19.1 Å². The summed E-state index contributed by atoms with van der Waals surface area (Å²) >= 11 is 3.34. The van der Waals surface area contributed by atoms with E-state index < -0.39 is 12.1 Å². The zero-order chi connectivity index (χ0) is 17.5. The fraction of sp³-hybridized carbons (Fsp3) is 0.158. The summed E-state index contributed by atoms with van der Waals surface area (Å²) in [4.78, 5) is 24.1. The summed E-state index contributed by atoms with van der Waals surface area (Å²) in [6, 6.07) is 14.1. The van der Waals surface area contributed by atoms with Crippen LogP contribution in [0.4, 0.5) is 0 Å². The molecule has 0 spiro atoms. The molecule has 2 rings (SSSR count). The Labute approximate surface area is 149 Å². The summed E-state index contributed by atoms with van der Waals surface area (Å²) in [6.45, 7) is 1.55. The van der Waals surface area contributed by atoms with Crippen LogP contribution in [0.15, 0.2) is 59.1 Å². The third-order valence-electron chi connectivity index (χ3n) is 3.32. The van der Waals surface area contributed by atoms with E-state index in [2.05, 4.69) is 15.9 Å². The Bertz CT molecular complexity index is 733. The lowest BCUT2D eigenvalue weighted by molar-refractivity contribution is -0.140. The molecule has 0 aliphatic rings. The Morgan fingerprint density at radius 3 is 2.25 bits per heavy atom. The number of ether oxygens (including phenoxy) is 2. The van der Waals surface area contributed by atoms with E-state index in [1.165, 1.54) is 6.08 Å². The van der Waals surface area contributed by atoms with E-state index in [0.717, 1.165) is 10.0 Å². The predicted molar refractivity (Wildman–Crippen MR) is 96.1 cm³/mol.